The number of rotatable bonds is 5. The molecule has 0 amide bonds. The Bertz CT molecular complexity index is 484. The van der Waals surface area contributed by atoms with Crippen molar-refractivity contribution in [3.63, 3.8) is 0 Å². The first-order valence-electron chi connectivity index (χ1n) is 7.11. The Labute approximate surface area is 130 Å². The quantitative estimate of drug-likeness (QED) is 0.635. The summed E-state index contributed by atoms with van der Waals surface area (Å²) in [6.45, 7) is 6.89. The number of ether oxygens (including phenoxy) is 1. The van der Waals surface area contributed by atoms with Gasteiger partial charge in [0.05, 0.1) is 13.2 Å². The van der Waals surface area contributed by atoms with E-state index in [4.69, 9.17) is 17.0 Å². The molecule has 0 unspecified atom stereocenters. The maximum absolute atomic E-state index is 11.2. The van der Waals surface area contributed by atoms with Crippen LogP contribution < -0.4 is 10.6 Å². The van der Waals surface area contributed by atoms with E-state index in [1.807, 2.05) is 12.1 Å². The molecule has 0 saturated carbocycles. The molecule has 6 heteroatoms. The maximum Gasteiger partial charge on any atom is 0.170 e. The van der Waals surface area contributed by atoms with Gasteiger partial charge in [0.25, 0.3) is 0 Å². The highest BCUT2D eigenvalue weighted by Crippen LogP contribution is 2.09. The third kappa shape index (κ3) is 5.41. The van der Waals surface area contributed by atoms with Crippen LogP contribution in [-0.2, 0) is 4.74 Å². The molecule has 114 valence electrons. The molecule has 0 radical (unpaired) electrons. The van der Waals surface area contributed by atoms with Crippen molar-refractivity contribution in [1.29, 1.82) is 0 Å². The first-order chi connectivity index (χ1) is 10.1. The summed E-state index contributed by atoms with van der Waals surface area (Å²) in [5, 5.41) is 6.89. The van der Waals surface area contributed by atoms with Gasteiger partial charge in [-0.2, -0.15) is 0 Å². The van der Waals surface area contributed by atoms with E-state index >= 15 is 0 Å². The minimum atomic E-state index is 0.0627. The highest BCUT2D eigenvalue weighted by molar-refractivity contribution is 7.80. The Morgan fingerprint density at radius 3 is 2.57 bits per heavy atom. The Balaban J connectivity index is 1.70. The fourth-order valence-corrected chi connectivity index (χ4v) is 2.34. The van der Waals surface area contributed by atoms with E-state index in [9.17, 15) is 4.79 Å². The van der Waals surface area contributed by atoms with Crippen molar-refractivity contribution >= 4 is 28.8 Å². The molecule has 1 aromatic carbocycles. The number of anilines is 1. The lowest BCUT2D eigenvalue weighted by Crippen LogP contribution is -2.42. The van der Waals surface area contributed by atoms with Gasteiger partial charge in [-0.25, -0.2) is 0 Å². The summed E-state index contributed by atoms with van der Waals surface area (Å²) in [6, 6.07) is 7.29. The van der Waals surface area contributed by atoms with Crippen molar-refractivity contribution in [2.45, 2.75) is 6.92 Å². The van der Waals surface area contributed by atoms with E-state index in [1.54, 1.807) is 19.1 Å². The number of morpholine rings is 1. The maximum atomic E-state index is 11.2. The molecule has 0 bridgehead atoms. The number of benzene rings is 1. The van der Waals surface area contributed by atoms with Gasteiger partial charge in [-0.05, 0) is 43.4 Å². The topological polar surface area (TPSA) is 53.6 Å². The van der Waals surface area contributed by atoms with Crippen molar-refractivity contribution in [1.82, 2.24) is 10.2 Å². The number of carbonyl (C=O) groups excluding carboxylic acids is 1. The van der Waals surface area contributed by atoms with Crippen molar-refractivity contribution in [2.75, 3.05) is 44.7 Å². The highest BCUT2D eigenvalue weighted by Gasteiger charge is 2.09. The Morgan fingerprint density at radius 2 is 1.95 bits per heavy atom. The van der Waals surface area contributed by atoms with Crippen LogP contribution in [0.5, 0.6) is 0 Å². The van der Waals surface area contributed by atoms with Gasteiger partial charge in [-0.3, -0.25) is 9.69 Å². The van der Waals surface area contributed by atoms with Gasteiger partial charge < -0.3 is 15.4 Å². The molecule has 1 aliphatic heterocycles. The average Bonchev–Trinajstić information content (AvgIpc) is 2.49. The molecular formula is C15H21N3O2S. The predicted molar refractivity (Wildman–Crippen MR) is 87.9 cm³/mol. The second-order valence-electron chi connectivity index (χ2n) is 4.97. The summed E-state index contributed by atoms with van der Waals surface area (Å²) in [7, 11) is 0. The van der Waals surface area contributed by atoms with Crippen LogP contribution in [0.1, 0.15) is 17.3 Å². The average molecular weight is 307 g/mol. The molecule has 0 spiro atoms. The normalized spacial score (nSPS) is 15.5. The van der Waals surface area contributed by atoms with Gasteiger partial charge in [0.2, 0.25) is 0 Å². The molecule has 0 atom stereocenters. The van der Waals surface area contributed by atoms with Gasteiger partial charge in [0.15, 0.2) is 10.9 Å². The minimum absolute atomic E-state index is 0.0627. The molecule has 2 N–H and O–H groups in total. The molecule has 1 fully saturated rings. The van der Waals surface area contributed by atoms with Crippen molar-refractivity contribution in [3.05, 3.63) is 29.8 Å². The van der Waals surface area contributed by atoms with Crippen LogP contribution in [0.2, 0.25) is 0 Å². The highest BCUT2D eigenvalue weighted by atomic mass is 32.1. The van der Waals surface area contributed by atoms with Gasteiger partial charge in [-0.15, -0.1) is 0 Å². The number of hydrogen-bond acceptors (Lipinski definition) is 4. The van der Waals surface area contributed by atoms with Crippen LogP contribution in [0.3, 0.4) is 0 Å². The standard InChI is InChI=1S/C15H21N3O2S/c1-12(19)13-2-4-14(5-3-13)17-15(21)16-6-7-18-8-10-20-11-9-18/h2-5H,6-11H2,1H3,(H2,16,17,21). The zero-order valence-corrected chi connectivity index (χ0v) is 13.0. The second-order valence-corrected chi connectivity index (χ2v) is 5.38. The predicted octanol–water partition coefficient (Wildman–Crippen LogP) is 1.51. The number of Topliss-reactive ketones (excluding diaryl/α,β-unsaturated/α-hetero) is 1. The van der Waals surface area contributed by atoms with Crippen molar-refractivity contribution in [2.24, 2.45) is 0 Å². The number of thiocarbonyl (C=S) groups is 1. The van der Waals surface area contributed by atoms with E-state index < -0.39 is 0 Å². The summed E-state index contributed by atoms with van der Waals surface area (Å²) >= 11 is 5.25. The summed E-state index contributed by atoms with van der Waals surface area (Å²) in [6.07, 6.45) is 0. The molecule has 0 aliphatic carbocycles. The van der Waals surface area contributed by atoms with Crippen LogP contribution in [0, 0.1) is 0 Å². The van der Waals surface area contributed by atoms with E-state index in [0.29, 0.717) is 10.7 Å². The monoisotopic (exact) mass is 307 g/mol. The van der Waals surface area contributed by atoms with Gasteiger partial charge in [-0.1, -0.05) is 0 Å². The lowest BCUT2D eigenvalue weighted by molar-refractivity contribution is 0.0389. The van der Waals surface area contributed by atoms with E-state index in [0.717, 1.165) is 45.1 Å². The molecular weight excluding hydrogens is 286 g/mol. The fraction of sp³-hybridized carbons (Fsp3) is 0.467. The fourth-order valence-electron chi connectivity index (χ4n) is 2.12. The lowest BCUT2D eigenvalue weighted by Gasteiger charge is -2.26. The molecule has 2 rings (SSSR count). The third-order valence-electron chi connectivity index (χ3n) is 3.37. The van der Waals surface area contributed by atoms with Crippen LogP contribution >= 0.6 is 12.2 Å². The third-order valence-corrected chi connectivity index (χ3v) is 3.61. The van der Waals surface area contributed by atoms with Gasteiger partial charge in [0, 0.05) is 37.4 Å². The molecule has 21 heavy (non-hydrogen) atoms. The molecule has 5 nitrogen and oxygen atoms in total. The zero-order valence-electron chi connectivity index (χ0n) is 12.2. The molecule has 1 aromatic rings. The second kappa shape index (κ2) is 8.07. The summed E-state index contributed by atoms with van der Waals surface area (Å²) in [5.74, 6) is 0.0627. The van der Waals surface area contributed by atoms with Crippen LogP contribution in [0.4, 0.5) is 5.69 Å². The summed E-state index contributed by atoms with van der Waals surface area (Å²) < 4.78 is 5.31. The smallest absolute Gasteiger partial charge is 0.170 e. The van der Waals surface area contributed by atoms with Crippen LogP contribution in [-0.4, -0.2) is 55.2 Å². The zero-order chi connectivity index (χ0) is 15.1. The lowest BCUT2D eigenvalue weighted by atomic mass is 10.1. The number of nitrogens with zero attached hydrogens (tertiary/aromatic N) is 1. The van der Waals surface area contributed by atoms with E-state index in [-0.39, 0.29) is 5.78 Å². The van der Waals surface area contributed by atoms with Gasteiger partial charge >= 0.3 is 0 Å². The van der Waals surface area contributed by atoms with E-state index in [1.165, 1.54) is 0 Å². The molecule has 1 saturated heterocycles. The Hall–Kier alpha value is -1.50. The number of ketones is 1. The van der Waals surface area contributed by atoms with Crippen molar-refractivity contribution < 1.29 is 9.53 Å². The largest absolute Gasteiger partial charge is 0.379 e. The number of carbonyl (C=O) groups is 1. The Kier molecular flexibility index (Phi) is 6.10. The summed E-state index contributed by atoms with van der Waals surface area (Å²) in [4.78, 5) is 13.5. The number of hydrogen-bond donors (Lipinski definition) is 2. The molecule has 0 aromatic heterocycles. The number of nitrogens with one attached hydrogen (secondary N) is 2. The first-order valence-corrected chi connectivity index (χ1v) is 7.52. The first kappa shape index (κ1) is 15.9. The summed E-state index contributed by atoms with van der Waals surface area (Å²) in [5.41, 5.74) is 1.58. The van der Waals surface area contributed by atoms with Crippen LogP contribution in [0.15, 0.2) is 24.3 Å². The molecule has 1 aliphatic rings. The SMILES string of the molecule is CC(=O)c1ccc(NC(=S)NCCN2CCOCC2)cc1. The molecule has 1 heterocycles. The van der Waals surface area contributed by atoms with Crippen molar-refractivity contribution in [3.8, 4) is 0 Å². The van der Waals surface area contributed by atoms with Gasteiger partial charge in [0.1, 0.15) is 0 Å². The Morgan fingerprint density at radius 1 is 1.29 bits per heavy atom. The van der Waals surface area contributed by atoms with Crippen LogP contribution in [0.25, 0.3) is 0 Å². The van der Waals surface area contributed by atoms with E-state index in [2.05, 4.69) is 15.5 Å². The minimum Gasteiger partial charge on any atom is -0.379 e.